The fourth-order valence-corrected chi connectivity index (χ4v) is 4.01. The van der Waals surface area contributed by atoms with Gasteiger partial charge in [0.2, 0.25) is 0 Å². The molecule has 1 aliphatic rings. The minimum absolute atomic E-state index is 0.0547. The highest BCUT2D eigenvalue weighted by Gasteiger charge is 2.32. The number of fused-ring (bicyclic) bond motifs is 1. The zero-order valence-electron chi connectivity index (χ0n) is 11.8. The monoisotopic (exact) mass is 428 g/mol. The van der Waals surface area contributed by atoms with Gasteiger partial charge in [0.25, 0.3) is 0 Å². The number of hydrogen-bond donors (Lipinski definition) is 0. The van der Waals surface area contributed by atoms with E-state index in [1.165, 1.54) is 11.1 Å². The van der Waals surface area contributed by atoms with E-state index in [-0.39, 0.29) is 10.2 Å². The maximum Gasteiger partial charge on any atom is 0.123 e. The van der Waals surface area contributed by atoms with E-state index in [1.807, 2.05) is 18.2 Å². The summed E-state index contributed by atoms with van der Waals surface area (Å²) in [6.45, 7) is 5.15. The summed E-state index contributed by atoms with van der Waals surface area (Å²) in [5.41, 5.74) is 3.56. The molecule has 1 heterocycles. The molecule has 110 valence electrons. The molecule has 0 aliphatic carbocycles. The van der Waals surface area contributed by atoms with E-state index in [4.69, 9.17) is 16.3 Å². The third kappa shape index (κ3) is 2.76. The molecule has 1 atom stereocenters. The topological polar surface area (TPSA) is 9.23 Å². The van der Waals surface area contributed by atoms with Crippen LogP contribution in [0, 0.1) is 0 Å². The summed E-state index contributed by atoms with van der Waals surface area (Å²) in [6, 6.07) is 12.4. The van der Waals surface area contributed by atoms with E-state index < -0.39 is 0 Å². The van der Waals surface area contributed by atoms with Gasteiger partial charge in [-0.25, -0.2) is 0 Å². The number of ether oxygens (including phenoxy) is 1. The zero-order chi connectivity index (χ0) is 15.2. The lowest BCUT2D eigenvalue weighted by Crippen LogP contribution is -2.18. The predicted octanol–water partition coefficient (Wildman–Crippen LogP) is 6.26. The van der Waals surface area contributed by atoms with Gasteiger partial charge in [0.05, 0.1) is 16.5 Å². The Labute approximate surface area is 146 Å². The second-order valence-corrected chi connectivity index (χ2v) is 8.08. The minimum Gasteiger partial charge on any atom is -0.492 e. The molecule has 0 N–H and O–H groups in total. The van der Waals surface area contributed by atoms with Crippen LogP contribution in [0.15, 0.2) is 40.9 Å². The third-order valence-electron chi connectivity index (χ3n) is 3.87. The molecule has 3 rings (SSSR count). The first kappa shape index (κ1) is 15.4. The van der Waals surface area contributed by atoms with Gasteiger partial charge in [-0.15, -0.1) is 0 Å². The van der Waals surface area contributed by atoms with Crippen molar-refractivity contribution in [2.45, 2.75) is 24.1 Å². The van der Waals surface area contributed by atoms with Gasteiger partial charge in [-0.2, -0.15) is 0 Å². The second kappa shape index (κ2) is 5.60. The summed E-state index contributed by atoms with van der Waals surface area (Å²) in [6.07, 6.45) is 0. The number of alkyl halides is 1. The predicted molar refractivity (Wildman–Crippen MR) is 94.9 cm³/mol. The first-order valence-corrected chi connectivity index (χ1v) is 8.84. The van der Waals surface area contributed by atoms with Crippen LogP contribution in [0.25, 0.3) is 0 Å². The summed E-state index contributed by atoms with van der Waals surface area (Å²) in [4.78, 5) is 0.0594. The molecule has 0 amide bonds. The van der Waals surface area contributed by atoms with E-state index in [9.17, 15) is 0 Å². The Hall–Kier alpha value is -0.510. The van der Waals surface area contributed by atoms with E-state index >= 15 is 0 Å². The van der Waals surface area contributed by atoms with Crippen LogP contribution in [0.5, 0.6) is 5.75 Å². The molecule has 21 heavy (non-hydrogen) atoms. The van der Waals surface area contributed by atoms with Crippen molar-refractivity contribution >= 4 is 43.5 Å². The van der Waals surface area contributed by atoms with Gasteiger partial charge in [0.1, 0.15) is 5.75 Å². The van der Waals surface area contributed by atoms with Crippen molar-refractivity contribution in [3.05, 3.63) is 62.6 Å². The van der Waals surface area contributed by atoms with Gasteiger partial charge in [-0.05, 0) is 45.3 Å². The minimum atomic E-state index is 0.0547. The molecular formula is C17H15Br2ClO. The Morgan fingerprint density at radius 1 is 1.24 bits per heavy atom. The molecule has 0 fully saturated rings. The molecule has 0 aromatic heterocycles. The largest absolute Gasteiger partial charge is 0.492 e. The van der Waals surface area contributed by atoms with Crippen molar-refractivity contribution < 1.29 is 4.74 Å². The molecule has 1 nitrogen and oxygen atoms in total. The summed E-state index contributed by atoms with van der Waals surface area (Å²) in [7, 11) is 0. The molecule has 2 aromatic carbocycles. The number of halogens is 3. The number of hydrogen-bond acceptors (Lipinski definition) is 1. The molecule has 4 heteroatoms. The van der Waals surface area contributed by atoms with Crippen LogP contribution in [0.4, 0.5) is 0 Å². The first-order valence-electron chi connectivity index (χ1n) is 6.75. The lowest BCUT2D eigenvalue weighted by molar-refractivity contribution is 0.291. The van der Waals surface area contributed by atoms with Gasteiger partial charge in [0.15, 0.2) is 0 Å². The van der Waals surface area contributed by atoms with Crippen molar-refractivity contribution in [2.24, 2.45) is 0 Å². The summed E-state index contributed by atoms with van der Waals surface area (Å²) in [5.74, 6) is 0.990. The van der Waals surface area contributed by atoms with Crippen molar-refractivity contribution in [2.75, 3.05) is 6.61 Å². The summed E-state index contributed by atoms with van der Waals surface area (Å²) in [5, 5.41) is 0.746. The third-order valence-corrected chi connectivity index (χ3v) is 6.20. The number of benzene rings is 2. The molecule has 0 bridgehead atoms. The lowest BCUT2D eigenvalue weighted by Gasteiger charge is -2.18. The molecule has 1 unspecified atom stereocenters. The van der Waals surface area contributed by atoms with E-state index in [1.54, 1.807) is 0 Å². The van der Waals surface area contributed by atoms with E-state index in [2.05, 4.69) is 63.9 Å². The molecule has 0 saturated carbocycles. The molecule has 2 aromatic rings. The maximum absolute atomic E-state index is 6.41. The van der Waals surface area contributed by atoms with Crippen molar-refractivity contribution in [3.8, 4) is 5.75 Å². The standard InChI is InChI=1S/C17H15Br2ClO/c1-17(2)9-21-14-7-6-10(8-12(14)17)15(19)11-4-3-5-13(18)16(11)20/h3-8,15H,9H2,1-2H3. The van der Waals surface area contributed by atoms with Crippen LogP contribution in [-0.2, 0) is 5.41 Å². The fourth-order valence-electron chi connectivity index (χ4n) is 2.59. The molecule has 0 saturated heterocycles. The highest BCUT2D eigenvalue weighted by molar-refractivity contribution is 9.10. The van der Waals surface area contributed by atoms with Gasteiger partial charge >= 0.3 is 0 Å². The quantitative estimate of drug-likeness (QED) is 0.511. The summed E-state index contributed by atoms with van der Waals surface area (Å²) >= 11 is 13.7. The second-order valence-electron chi connectivity index (χ2n) is 5.93. The Balaban J connectivity index is 2.03. The van der Waals surface area contributed by atoms with Gasteiger partial charge in [-0.3, -0.25) is 0 Å². The number of rotatable bonds is 2. The van der Waals surface area contributed by atoms with E-state index in [0.29, 0.717) is 0 Å². The lowest BCUT2D eigenvalue weighted by atomic mass is 9.85. The Kier molecular flexibility index (Phi) is 4.10. The molecule has 0 radical (unpaired) electrons. The normalized spacial score (nSPS) is 17.2. The van der Waals surface area contributed by atoms with Gasteiger partial charge in [-0.1, -0.05) is 59.6 Å². The van der Waals surface area contributed by atoms with Crippen molar-refractivity contribution in [1.29, 1.82) is 0 Å². The van der Waals surface area contributed by atoms with E-state index in [0.717, 1.165) is 27.4 Å². The van der Waals surface area contributed by atoms with Gasteiger partial charge in [0, 0.05) is 15.5 Å². The Morgan fingerprint density at radius 3 is 2.76 bits per heavy atom. The molecular weight excluding hydrogens is 415 g/mol. The highest BCUT2D eigenvalue weighted by atomic mass is 79.9. The average Bonchev–Trinajstić information content (AvgIpc) is 2.76. The molecule has 0 spiro atoms. The van der Waals surface area contributed by atoms with Crippen molar-refractivity contribution in [1.82, 2.24) is 0 Å². The van der Waals surface area contributed by atoms with Crippen LogP contribution >= 0.6 is 43.5 Å². The zero-order valence-corrected chi connectivity index (χ0v) is 15.7. The van der Waals surface area contributed by atoms with Crippen LogP contribution in [0.1, 0.15) is 35.4 Å². The van der Waals surface area contributed by atoms with Gasteiger partial charge < -0.3 is 4.74 Å². The van der Waals surface area contributed by atoms with Crippen LogP contribution in [0.3, 0.4) is 0 Å². The first-order chi connectivity index (χ1) is 9.90. The summed E-state index contributed by atoms with van der Waals surface area (Å²) < 4.78 is 6.66. The van der Waals surface area contributed by atoms with Crippen molar-refractivity contribution in [3.63, 3.8) is 0 Å². The fraction of sp³-hybridized carbons (Fsp3) is 0.294. The van der Waals surface area contributed by atoms with Crippen LogP contribution in [-0.4, -0.2) is 6.61 Å². The average molecular weight is 431 g/mol. The Bertz CT molecular complexity index is 697. The highest BCUT2D eigenvalue weighted by Crippen LogP contribution is 2.43. The van der Waals surface area contributed by atoms with Crippen LogP contribution in [0.2, 0.25) is 5.02 Å². The Morgan fingerprint density at radius 2 is 2.00 bits per heavy atom. The smallest absolute Gasteiger partial charge is 0.123 e. The maximum atomic E-state index is 6.41. The van der Waals surface area contributed by atoms with Crippen LogP contribution < -0.4 is 4.74 Å². The molecule has 1 aliphatic heterocycles. The SMILES string of the molecule is CC1(C)COc2ccc(C(Br)c3cccc(Br)c3Cl)cc21.